The van der Waals surface area contributed by atoms with Gasteiger partial charge in [0.25, 0.3) is 0 Å². The number of carbonyl (C=O) groups is 1. The van der Waals surface area contributed by atoms with E-state index in [0.717, 1.165) is 13.0 Å². The number of rotatable bonds is 4. The van der Waals surface area contributed by atoms with Crippen LogP contribution in [0.2, 0.25) is 0 Å². The standard InChI is InChI=1S/C11H22N2O3/c1-8-9(5-6-16-8)13(3)7-11(2,12)10(14)15-4/h8-9H,5-7,12H2,1-4H3. The van der Waals surface area contributed by atoms with Crippen molar-refractivity contribution in [2.24, 2.45) is 5.73 Å². The largest absolute Gasteiger partial charge is 0.468 e. The Bertz CT molecular complexity index is 256. The van der Waals surface area contributed by atoms with E-state index in [9.17, 15) is 4.79 Å². The van der Waals surface area contributed by atoms with Crippen molar-refractivity contribution in [3.8, 4) is 0 Å². The number of nitrogens with zero attached hydrogens (tertiary/aromatic N) is 1. The third kappa shape index (κ3) is 2.93. The van der Waals surface area contributed by atoms with Crippen LogP contribution in [0.4, 0.5) is 0 Å². The molecule has 94 valence electrons. The van der Waals surface area contributed by atoms with E-state index in [0.29, 0.717) is 12.6 Å². The second kappa shape index (κ2) is 5.12. The van der Waals surface area contributed by atoms with Crippen molar-refractivity contribution in [1.29, 1.82) is 0 Å². The van der Waals surface area contributed by atoms with Crippen molar-refractivity contribution in [2.75, 3.05) is 27.3 Å². The lowest BCUT2D eigenvalue weighted by Gasteiger charge is -2.32. The van der Waals surface area contributed by atoms with Crippen LogP contribution in [-0.4, -0.2) is 55.9 Å². The predicted molar refractivity (Wildman–Crippen MR) is 61.1 cm³/mol. The minimum absolute atomic E-state index is 0.193. The van der Waals surface area contributed by atoms with Gasteiger partial charge in [-0.25, -0.2) is 0 Å². The van der Waals surface area contributed by atoms with Gasteiger partial charge < -0.3 is 15.2 Å². The first-order valence-electron chi connectivity index (χ1n) is 5.57. The van der Waals surface area contributed by atoms with Crippen molar-refractivity contribution in [2.45, 2.75) is 38.0 Å². The number of nitrogens with two attached hydrogens (primary N) is 1. The molecule has 0 aliphatic carbocycles. The zero-order chi connectivity index (χ0) is 12.3. The van der Waals surface area contributed by atoms with Crippen LogP contribution in [0.25, 0.3) is 0 Å². The molecule has 0 radical (unpaired) electrons. The lowest BCUT2D eigenvalue weighted by atomic mass is 10.0. The summed E-state index contributed by atoms with van der Waals surface area (Å²) in [6.07, 6.45) is 1.17. The van der Waals surface area contributed by atoms with Crippen molar-refractivity contribution in [3.05, 3.63) is 0 Å². The fraction of sp³-hybridized carbons (Fsp3) is 0.909. The zero-order valence-electron chi connectivity index (χ0n) is 10.5. The first-order chi connectivity index (χ1) is 7.38. The van der Waals surface area contributed by atoms with Crippen LogP contribution in [0.5, 0.6) is 0 Å². The van der Waals surface area contributed by atoms with Crippen LogP contribution in [0.15, 0.2) is 0 Å². The molecule has 0 spiro atoms. The number of carbonyl (C=O) groups excluding carboxylic acids is 1. The van der Waals surface area contributed by atoms with Gasteiger partial charge in [-0.15, -0.1) is 0 Å². The van der Waals surface area contributed by atoms with E-state index in [1.807, 2.05) is 14.0 Å². The minimum atomic E-state index is -0.966. The molecular formula is C11H22N2O3. The summed E-state index contributed by atoms with van der Waals surface area (Å²) >= 11 is 0. The molecule has 3 unspecified atom stereocenters. The van der Waals surface area contributed by atoms with E-state index >= 15 is 0 Å². The van der Waals surface area contributed by atoms with Crippen LogP contribution < -0.4 is 5.73 Å². The number of ether oxygens (including phenoxy) is 2. The first-order valence-corrected chi connectivity index (χ1v) is 5.57. The maximum Gasteiger partial charge on any atom is 0.326 e. The second-order valence-electron chi connectivity index (χ2n) is 4.76. The van der Waals surface area contributed by atoms with Gasteiger partial charge in [0.05, 0.1) is 13.2 Å². The highest BCUT2D eigenvalue weighted by Gasteiger charge is 2.35. The molecule has 1 aliphatic rings. The molecule has 3 atom stereocenters. The quantitative estimate of drug-likeness (QED) is 0.688. The number of methoxy groups -OCH3 is 1. The Morgan fingerprint density at radius 1 is 1.69 bits per heavy atom. The van der Waals surface area contributed by atoms with Crippen LogP contribution in [0.3, 0.4) is 0 Å². The fourth-order valence-corrected chi connectivity index (χ4v) is 2.23. The van der Waals surface area contributed by atoms with Crippen LogP contribution in [0, 0.1) is 0 Å². The molecule has 16 heavy (non-hydrogen) atoms. The topological polar surface area (TPSA) is 64.8 Å². The monoisotopic (exact) mass is 230 g/mol. The highest BCUT2D eigenvalue weighted by atomic mass is 16.5. The summed E-state index contributed by atoms with van der Waals surface area (Å²) in [7, 11) is 3.32. The van der Waals surface area contributed by atoms with E-state index in [1.165, 1.54) is 7.11 Å². The Hall–Kier alpha value is -0.650. The summed E-state index contributed by atoms with van der Waals surface area (Å²) in [4.78, 5) is 13.5. The highest BCUT2D eigenvalue weighted by molar-refractivity contribution is 5.80. The van der Waals surface area contributed by atoms with Crippen LogP contribution >= 0.6 is 0 Å². The van der Waals surface area contributed by atoms with Crippen molar-refractivity contribution < 1.29 is 14.3 Å². The summed E-state index contributed by atoms with van der Waals surface area (Å²) < 4.78 is 10.2. The third-order valence-electron chi connectivity index (χ3n) is 3.13. The summed E-state index contributed by atoms with van der Waals surface area (Å²) in [6.45, 7) is 4.98. The molecule has 1 saturated heterocycles. The Balaban J connectivity index is 2.56. The van der Waals surface area contributed by atoms with Gasteiger partial charge in [0.1, 0.15) is 5.54 Å². The summed E-state index contributed by atoms with van der Waals surface area (Å²) in [6, 6.07) is 0.326. The van der Waals surface area contributed by atoms with Crippen molar-refractivity contribution in [1.82, 2.24) is 4.90 Å². The lowest BCUT2D eigenvalue weighted by Crippen LogP contribution is -2.56. The third-order valence-corrected chi connectivity index (χ3v) is 3.13. The highest BCUT2D eigenvalue weighted by Crippen LogP contribution is 2.19. The normalized spacial score (nSPS) is 29.1. The zero-order valence-corrected chi connectivity index (χ0v) is 10.5. The molecule has 1 fully saturated rings. The van der Waals surface area contributed by atoms with E-state index in [1.54, 1.807) is 6.92 Å². The van der Waals surface area contributed by atoms with E-state index < -0.39 is 5.54 Å². The van der Waals surface area contributed by atoms with Crippen molar-refractivity contribution in [3.63, 3.8) is 0 Å². The summed E-state index contributed by atoms with van der Waals surface area (Å²) in [5, 5.41) is 0. The summed E-state index contributed by atoms with van der Waals surface area (Å²) in [5.41, 5.74) is 4.96. The average molecular weight is 230 g/mol. The number of likely N-dealkylation sites (N-methyl/N-ethyl adjacent to an activating group) is 1. The molecule has 0 aromatic rings. The lowest BCUT2D eigenvalue weighted by molar-refractivity contribution is -0.147. The fourth-order valence-electron chi connectivity index (χ4n) is 2.23. The molecule has 5 nitrogen and oxygen atoms in total. The number of hydrogen-bond donors (Lipinski definition) is 1. The first kappa shape index (κ1) is 13.4. The molecule has 0 aromatic carbocycles. The molecule has 2 N–H and O–H groups in total. The molecule has 5 heteroatoms. The number of hydrogen-bond acceptors (Lipinski definition) is 5. The molecule has 1 heterocycles. The van der Waals surface area contributed by atoms with Gasteiger partial charge in [-0.3, -0.25) is 9.69 Å². The van der Waals surface area contributed by atoms with Crippen molar-refractivity contribution >= 4 is 5.97 Å². The Kier molecular flexibility index (Phi) is 4.29. The Morgan fingerprint density at radius 2 is 2.31 bits per heavy atom. The SMILES string of the molecule is COC(=O)C(C)(N)CN(C)C1CCOC1C. The minimum Gasteiger partial charge on any atom is -0.468 e. The van der Waals surface area contributed by atoms with E-state index in [4.69, 9.17) is 10.5 Å². The molecule has 1 rings (SSSR count). The van der Waals surface area contributed by atoms with Gasteiger partial charge in [0.2, 0.25) is 0 Å². The second-order valence-corrected chi connectivity index (χ2v) is 4.76. The molecule has 0 amide bonds. The predicted octanol–water partition coefficient (Wildman–Crippen LogP) is -0.0140. The van der Waals surface area contributed by atoms with Crippen LogP contribution in [-0.2, 0) is 14.3 Å². The Morgan fingerprint density at radius 3 is 2.75 bits per heavy atom. The Labute approximate surface area is 96.9 Å². The van der Waals surface area contributed by atoms with Crippen LogP contribution in [0.1, 0.15) is 20.3 Å². The van der Waals surface area contributed by atoms with Gasteiger partial charge in [0, 0.05) is 19.2 Å². The van der Waals surface area contributed by atoms with Gasteiger partial charge in [-0.1, -0.05) is 0 Å². The van der Waals surface area contributed by atoms with Gasteiger partial charge in [-0.05, 0) is 27.3 Å². The smallest absolute Gasteiger partial charge is 0.326 e. The molecule has 0 saturated carbocycles. The molecule has 1 aliphatic heterocycles. The average Bonchev–Trinajstić information content (AvgIpc) is 2.62. The van der Waals surface area contributed by atoms with E-state index in [-0.39, 0.29) is 12.1 Å². The van der Waals surface area contributed by atoms with E-state index in [2.05, 4.69) is 9.64 Å². The number of esters is 1. The molecule has 0 bridgehead atoms. The summed E-state index contributed by atoms with van der Waals surface area (Å²) in [5.74, 6) is -0.383. The maximum atomic E-state index is 11.5. The van der Waals surface area contributed by atoms with Gasteiger partial charge in [0.15, 0.2) is 0 Å². The molecular weight excluding hydrogens is 208 g/mol. The van der Waals surface area contributed by atoms with Gasteiger partial charge in [-0.2, -0.15) is 0 Å². The maximum absolute atomic E-state index is 11.5. The van der Waals surface area contributed by atoms with Gasteiger partial charge >= 0.3 is 5.97 Å². The molecule has 0 aromatic heterocycles.